The van der Waals surface area contributed by atoms with Crippen LogP contribution in [0.1, 0.15) is 29.8 Å². The molecule has 0 aliphatic heterocycles. The first-order chi connectivity index (χ1) is 10.4. The fraction of sp³-hybridized carbons (Fsp3) is 0.400. The molecule has 2 rings (SSSR count). The highest BCUT2D eigenvalue weighted by molar-refractivity contribution is 5.27. The van der Waals surface area contributed by atoms with Gasteiger partial charge < -0.3 is 10.4 Å². The van der Waals surface area contributed by atoms with Crippen molar-refractivity contribution in [1.82, 2.24) is 15.1 Å². The van der Waals surface area contributed by atoms with Gasteiger partial charge in [0, 0.05) is 25.8 Å². The first-order valence-corrected chi connectivity index (χ1v) is 6.98. The number of aliphatic hydroxyl groups is 1. The lowest BCUT2D eigenvalue weighted by Crippen LogP contribution is -2.23. The van der Waals surface area contributed by atoms with E-state index >= 15 is 0 Å². The van der Waals surface area contributed by atoms with Gasteiger partial charge in [0.1, 0.15) is 0 Å². The van der Waals surface area contributed by atoms with Crippen molar-refractivity contribution >= 4 is 0 Å². The van der Waals surface area contributed by atoms with Crippen LogP contribution >= 0.6 is 0 Å². The Bertz CT molecular complexity index is 610. The van der Waals surface area contributed by atoms with E-state index in [-0.39, 0.29) is 12.1 Å². The van der Waals surface area contributed by atoms with E-state index in [1.165, 1.54) is 12.1 Å². The third kappa shape index (κ3) is 4.08. The van der Waals surface area contributed by atoms with Crippen LogP contribution in [0, 0.1) is 0 Å². The maximum Gasteiger partial charge on any atom is 0.416 e. The predicted octanol–water partition coefficient (Wildman–Crippen LogP) is 2.75. The van der Waals surface area contributed by atoms with Crippen LogP contribution in [0.4, 0.5) is 13.2 Å². The zero-order valence-electron chi connectivity index (χ0n) is 12.1. The molecule has 1 aromatic carbocycles. The molecule has 0 radical (unpaired) electrons. The summed E-state index contributed by atoms with van der Waals surface area (Å²) in [5.74, 6) is 0. The quantitative estimate of drug-likeness (QED) is 0.862. The fourth-order valence-corrected chi connectivity index (χ4v) is 2.17. The van der Waals surface area contributed by atoms with E-state index in [1.54, 1.807) is 6.20 Å². The number of rotatable bonds is 6. The number of aromatic nitrogens is 2. The number of alkyl halides is 3. The van der Waals surface area contributed by atoms with Crippen LogP contribution in [-0.2, 0) is 19.3 Å². The Balaban J connectivity index is 1.94. The van der Waals surface area contributed by atoms with Gasteiger partial charge in [0.25, 0.3) is 0 Å². The molecular weight excluding hydrogens is 295 g/mol. The number of hydrogen-bond donors (Lipinski definition) is 2. The highest BCUT2D eigenvalue weighted by atomic mass is 19.4. The fourth-order valence-electron chi connectivity index (χ4n) is 2.17. The molecule has 1 atom stereocenters. The summed E-state index contributed by atoms with van der Waals surface area (Å²) in [5, 5.41) is 17.2. The van der Waals surface area contributed by atoms with Gasteiger partial charge >= 0.3 is 6.18 Å². The van der Waals surface area contributed by atoms with Crippen molar-refractivity contribution in [3.63, 3.8) is 0 Å². The molecule has 1 heterocycles. The molecule has 22 heavy (non-hydrogen) atoms. The van der Waals surface area contributed by atoms with Crippen molar-refractivity contribution in [3.05, 3.63) is 53.3 Å². The lowest BCUT2D eigenvalue weighted by Gasteiger charge is -2.14. The van der Waals surface area contributed by atoms with Gasteiger partial charge in [-0.05, 0) is 30.7 Å². The van der Waals surface area contributed by atoms with Gasteiger partial charge in [-0.25, -0.2) is 0 Å². The summed E-state index contributed by atoms with van der Waals surface area (Å²) in [6.07, 6.45) is -3.72. The minimum absolute atomic E-state index is 0.163. The summed E-state index contributed by atoms with van der Waals surface area (Å²) < 4.78 is 39.7. The van der Waals surface area contributed by atoms with Crippen molar-refractivity contribution in [2.24, 2.45) is 0 Å². The van der Waals surface area contributed by atoms with E-state index in [0.29, 0.717) is 6.54 Å². The van der Waals surface area contributed by atoms with Gasteiger partial charge in [-0.2, -0.15) is 18.3 Å². The number of benzene rings is 1. The molecule has 0 bridgehead atoms. The lowest BCUT2D eigenvalue weighted by atomic mass is 10.1. The zero-order valence-corrected chi connectivity index (χ0v) is 12.1. The lowest BCUT2D eigenvalue weighted by molar-refractivity contribution is -0.137. The van der Waals surface area contributed by atoms with Crippen LogP contribution < -0.4 is 5.32 Å². The summed E-state index contributed by atoms with van der Waals surface area (Å²) in [5.41, 5.74) is 0.443. The second kappa shape index (κ2) is 6.93. The van der Waals surface area contributed by atoms with Crippen LogP contribution in [0.25, 0.3) is 0 Å². The monoisotopic (exact) mass is 313 g/mol. The molecule has 0 saturated heterocycles. The van der Waals surface area contributed by atoms with Gasteiger partial charge in [-0.3, -0.25) is 4.68 Å². The smallest absolute Gasteiger partial charge is 0.387 e. The second-order valence-corrected chi connectivity index (χ2v) is 4.91. The number of aliphatic hydroxyl groups excluding tert-OH is 1. The predicted molar refractivity (Wildman–Crippen MR) is 76.0 cm³/mol. The molecule has 7 heteroatoms. The highest BCUT2D eigenvalue weighted by Crippen LogP contribution is 2.30. The summed E-state index contributed by atoms with van der Waals surface area (Å²) in [6, 6.07) is 6.60. The molecule has 0 aliphatic carbocycles. The van der Waals surface area contributed by atoms with Gasteiger partial charge in [-0.15, -0.1) is 0 Å². The Kier molecular flexibility index (Phi) is 5.20. The van der Waals surface area contributed by atoms with Crippen LogP contribution in [0.2, 0.25) is 0 Å². The molecule has 2 aromatic rings. The molecule has 4 nitrogen and oxygen atoms in total. The van der Waals surface area contributed by atoms with Gasteiger partial charge in [0.15, 0.2) is 0 Å². The summed E-state index contributed by atoms with van der Waals surface area (Å²) >= 11 is 0. The minimum Gasteiger partial charge on any atom is -0.387 e. The molecule has 2 N–H and O–H groups in total. The molecule has 0 amide bonds. The summed E-state index contributed by atoms with van der Waals surface area (Å²) in [4.78, 5) is 0. The molecule has 1 aromatic heterocycles. The van der Waals surface area contributed by atoms with Crippen molar-refractivity contribution in [3.8, 4) is 0 Å². The standard InChI is InChI=1S/C15H18F3N3O/c1-2-21-13(6-7-20-21)9-19-10-14(22)11-4-3-5-12(8-11)15(16,17)18/h3-8,14,19,22H,2,9-10H2,1H3. The number of nitrogens with one attached hydrogen (secondary N) is 1. The van der Waals surface area contributed by atoms with Crippen LogP contribution in [0.5, 0.6) is 0 Å². The maximum atomic E-state index is 12.6. The zero-order chi connectivity index (χ0) is 16.2. The van der Waals surface area contributed by atoms with E-state index in [2.05, 4.69) is 10.4 Å². The van der Waals surface area contributed by atoms with Crippen molar-refractivity contribution in [2.75, 3.05) is 6.54 Å². The van der Waals surface area contributed by atoms with E-state index in [0.717, 1.165) is 24.4 Å². The Morgan fingerprint density at radius 1 is 1.32 bits per heavy atom. The van der Waals surface area contributed by atoms with Crippen LogP contribution in [0.15, 0.2) is 36.5 Å². The third-order valence-corrected chi connectivity index (χ3v) is 3.35. The van der Waals surface area contributed by atoms with Gasteiger partial charge in [-0.1, -0.05) is 12.1 Å². The molecule has 0 saturated carbocycles. The Morgan fingerprint density at radius 2 is 2.09 bits per heavy atom. The summed E-state index contributed by atoms with van der Waals surface area (Å²) in [7, 11) is 0. The van der Waals surface area contributed by atoms with E-state index in [4.69, 9.17) is 0 Å². The largest absolute Gasteiger partial charge is 0.416 e. The topological polar surface area (TPSA) is 50.1 Å². The number of halogens is 3. The average molecular weight is 313 g/mol. The number of nitrogens with zero attached hydrogens (tertiary/aromatic N) is 2. The van der Waals surface area contributed by atoms with Crippen molar-refractivity contribution in [2.45, 2.75) is 32.3 Å². The third-order valence-electron chi connectivity index (χ3n) is 3.35. The molecule has 1 unspecified atom stereocenters. The Morgan fingerprint density at radius 3 is 2.77 bits per heavy atom. The van der Waals surface area contributed by atoms with Gasteiger partial charge in [0.2, 0.25) is 0 Å². The molecule has 0 fully saturated rings. The van der Waals surface area contributed by atoms with Crippen LogP contribution in [-0.4, -0.2) is 21.4 Å². The van der Waals surface area contributed by atoms with Crippen molar-refractivity contribution in [1.29, 1.82) is 0 Å². The first-order valence-electron chi connectivity index (χ1n) is 6.98. The highest BCUT2D eigenvalue weighted by Gasteiger charge is 2.30. The van der Waals surface area contributed by atoms with E-state index in [9.17, 15) is 18.3 Å². The normalized spacial score (nSPS) is 13.3. The van der Waals surface area contributed by atoms with Crippen molar-refractivity contribution < 1.29 is 18.3 Å². The van der Waals surface area contributed by atoms with E-state index in [1.807, 2.05) is 17.7 Å². The molecule has 120 valence electrons. The second-order valence-electron chi connectivity index (χ2n) is 4.91. The summed E-state index contributed by atoms with van der Waals surface area (Å²) in [6.45, 7) is 3.36. The van der Waals surface area contributed by atoms with Gasteiger partial charge in [0.05, 0.1) is 17.4 Å². The molecular formula is C15H18F3N3O. The first kappa shape index (κ1) is 16.5. The Hall–Kier alpha value is -1.86. The molecule has 0 aliphatic rings. The molecule has 0 spiro atoms. The Labute approximate surface area is 126 Å². The van der Waals surface area contributed by atoms with E-state index < -0.39 is 17.8 Å². The maximum absolute atomic E-state index is 12.6. The average Bonchev–Trinajstić information content (AvgIpc) is 2.94. The number of aryl methyl sites for hydroxylation is 1. The minimum atomic E-state index is -4.41. The van der Waals surface area contributed by atoms with Crippen LogP contribution in [0.3, 0.4) is 0 Å². The SMILES string of the molecule is CCn1nccc1CNCC(O)c1cccc(C(F)(F)F)c1. The number of hydrogen-bond acceptors (Lipinski definition) is 3.